The fraction of sp³-hybridized carbons (Fsp3) is 0.350. The van der Waals surface area contributed by atoms with Crippen LogP contribution in [0.1, 0.15) is 24.0 Å². The normalized spacial score (nSPS) is 16.2. The van der Waals surface area contributed by atoms with E-state index in [-0.39, 0.29) is 5.41 Å². The van der Waals surface area contributed by atoms with Gasteiger partial charge in [0.1, 0.15) is 0 Å². The predicted molar refractivity (Wildman–Crippen MR) is 106 cm³/mol. The van der Waals surface area contributed by atoms with Crippen molar-refractivity contribution in [3.63, 3.8) is 0 Å². The summed E-state index contributed by atoms with van der Waals surface area (Å²) < 4.78 is 7.34. The molecular weight excluding hydrogens is 362 g/mol. The molecule has 6 nitrogen and oxygen atoms in total. The number of tetrazole rings is 1. The molecule has 3 aromatic rings. The van der Waals surface area contributed by atoms with Gasteiger partial charge in [0.2, 0.25) is 5.95 Å². The van der Waals surface area contributed by atoms with Gasteiger partial charge < -0.3 is 10.1 Å². The number of rotatable bonds is 5. The highest BCUT2D eigenvalue weighted by Crippen LogP contribution is 2.35. The first kappa shape index (κ1) is 17.9. The van der Waals surface area contributed by atoms with Gasteiger partial charge in [-0.05, 0) is 60.0 Å². The van der Waals surface area contributed by atoms with Gasteiger partial charge in [0, 0.05) is 30.2 Å². The van der Waals surface area contributed by atoms with Crippen molar-refractivity contribution >= 4 is 17.5 Å². The summed E-state index contributed by atoms with van der Waals surface area (Å²) in [5, 5.41) is 16.4. The topological polar surface area (TPSA) is 64.9 Å². The summed E-state index contributed by atoms with van der Waals surface area (Å²) in [7, 11) is 0. The van der Waals surface area contributed by atoms with E-state index in [1.54, 1.807) is 4.68 Å². The van der Waals surface area contributed by atoms with Crippen LogP contribution in [0.4, 0.5) is 5.95 Å². The fourth-order valence-electron chi connectivity index (χ4n) is 3.54. The van der Waals surface area contributed by atoms with Crippen molar-refractivity contribution < 1.29 is 4.74 Å². The molecule has 2 aromatic carbocycles. The minimum absolute atomic E-state index is 0.0348. The highest BCUT2D eigenvalue weighted by atomic mass is 35.5. The first-order valence-electron chi connectivity index (χ1n) is 9.09. The summed E-state index contributed by atoms with van der Waals surface area (Å²) in [6.45, 7) is 4.27. The molecular formula is C20H22ClN5O. The third kappa shape index (κ3) is 3.82. The second kappa shape index (κ2) is 7.66. The number of aryl methyl sites for hydroxylation is 1. The molecule has 1 N–H and O–H groups in total. The van der Waals surface area contributed by atoms with Crippen molar-refractivity contribution in [1.29, 1.82) is 0 Å². The van der Waals surface area contributed by atoms with E-state index in [4.69, 9.17) is 16.3 Å². The molecule has 1 aliphatic heterocycles. The number of nitrogens with zero attached hydrogens (tertiary/aromatic N) is 4. The molecule has 1 fully saturated rings. The zero-order chi connectivity index (χ0) is 18.7. The average Bonchev–Trinajstić information content (AvgIpc) is 3.17. The Balaban J connectivity index is 1.58. The molecule has 2 heterocycles. The summed E-state index contributed by atoms with van der Waals surface area (Å²) in [5.74, 6) is 0.638. The molecule has 0 spiro atoms. The average molecular weight is 384 g/mol. The molecule has 1 aliphatic rings. The Morgan fingerprint density at radius 3 is 2.48 bits per heavy atom. The van der Waals surface area contributed by atoms with Gasteiger partial charge in [-0.25, -0.2) is 0 Å². The van der Waals surface area contributed by atoms with Crippen LogP contribution in [0.5, 0.6) is 0 Å². The minimum atomic E-state index is -0.0348. The number of hydrogen-bond donors (Lipinski definition) is 1. The summed E-state index contributed by atoms with van der Waals surface area (Å²) >= 11 is 6.08. The Morgan fingerprint density at radius 2 is 1.78 bits per heavy atom. The van der Waals surface area contributed by atoms with Gasteiger partial charge in [-0.15, -0.1) is 0 Å². The Bertz CT molecular complexity index is 885. The predicted octanol–water partition coefficient (Wildman–Crippen LogP) is 3.78. The van der Waals surface area contributed by atoms with Gasteiger partial charge in [-0.3, -0.25) is 0 Å². The van der Waals surface area contributed by atoms with Crippen molar-refractivity contribution in [3.8, 4) is 5.69 Å². The van der Waals surface area contributed by atoms with Gasteiger partial charge in [-0.1, -0.05) is 46.5 Å². The Hall–Kier alpha value is -2.44. The third-order valence-electron chi connectivity index (χ3n) is 5.24. The van der Waals surface area contributed by atoms with Crippen LogP contribution < -0.4 is 5.32 Å². The molecule has 0 aliphatic carbocycles. The number of hydrogen-bond acceptors (Lipinski definition) is 5. The van der Waals surface area contributed by atoms with Crippen LogP contribution in [0.25, 0.3) is 5.69 Å². The van der Waals surface area contributed by atoms with Crippen molar-refractivity contribution in [3.05, 3.63) is 64.7 Å². The molecule has 4 rings (SSSR count). The third-order valence-corrected chi connectivity index (χ3v) is 5.49. The van der Waals surface area contributed by atoms with Gasteiger partial charge in [0.15, 0.2) is 0 Å². The van der Waals surface area contributed by atoms with Crippen molar-refractivity contribution in [2.24, 2.45) is 0 Å². The lowest BCUT2D eigenvalue weighted by molar-refractivity contribution is 0.0543. The van der Waals surface area contributed by atoms with Crippen LogP contribution in [0, 0.1) is 6.92 Å². The Morgan fingerprint density at radius 1 is 1.07 bits per heavy atom. The van der Waals surface area contributed by atoms with E-state index in [9.17, 15) is 0 Å². The monoisotopic (exact) mass is 383 g/mol. The largest absolute Gasteiger partial charge is 0.381 e. The molecule has 27 heavy (non-hydrogen) atoms. The quantitative estimate of drug-likeness (QED) is 0.726. The number of halogens is 1. The van der Waals surface area contributed by atoms with E-state index in [1.165, 1.54) is 11.1 Å². The number of anilines is 1. The van der Waals surface area contributed by atoms with E-state index < -0.39 is 0 Å². The minimum Gasteiger partial charge on any atom is -0.381 e. The number of aromatic nitrogens is 4. The van der Waals surface area contributed by atoms with Crippen molar-refractivity contribution in [2.75, 3.05) is 25.1 Å². The van der Waals surface area contributed by atoms with Crippen LogP contribution in [-0.4, -0.2) is 40.0 Å². The lowest BCUT2D eigenvalue weighted by Crippen LogP contribution is -2.40. The number of ether oxygens (including phenoxy) is 1. The van der Waals surface area contributed by atoms with Gasteiger partial charge in [0.05, 0.1) is 5.69 Å². The zero-order valence-electron chi connectivity index (χ0n) is 15.2. The maximum atomic E-state index is 6.08. The molecule has 140 valence electrons. The maximum Gasteiger partial charge on any atom is 0.247 e. The molecule has 0 amide bonds. The molecule has 0 atom stereocenters. The SMILES string of the molecule is Cc1ccc(-n2nnnc2NCC2(c3ccc(Cl)cc3)CCOCC2)cc1. The second-order valence-electron chi connectivity index (χ2n) is 7.00. The number of nitrogens with one attached hydrogen (secondary N) is 1. The fourth-order valence-corrected chi connectivity index (χ4v) is 3.66. The van der Waals surface area contributed by atoms with Crippen molar-refractivity contribution in [1.82, 2.24) is 20.2 Å². The summed E-state index contributed by atoms with van der Waals surface area (Å²) in [5.41, 5.74) is 3.36. The van der Waals surface area contributed by atoms with Crippen LogP contribution in [0.3, 0.4) is 0 Å². The number of benzene rings is 2. The lowest BCUT2D eigenvalue weighted by Gasteiger charge is -2.38. The molecule has 1 aromatic heterocycles. The van der Waals surface area contributed by atoms with Crippen molar-refractivity contribution in [2.45, 2.75) is 25.2 Å². The Labute approximate surface area is 163 Å². The second-order valence-corrected chi connectivity index (χ2v) is 7.44. The van der Waals surface area contributed by atoms with Gasteiger partial charge >= 0.3 is 0 Å². The van der Waals surface area contributed by atoms with E-state index in [0.29, 0.717) is 5.95 Å². The van der Waals surface area contributed by atoms with Crippen LogP contribution in [0.15, 0.2) is 48.5 Å². The zero-order valence-corrected chi connectivity index (χ0v) is 16.0. The lowest BCUT2D eigenvalue weighted by atomic mass is 9.74. The summed E-state index contributed by atoms with van der Waals surface area (Å²) in [6.07, 6.45) is 1.88. The highest BCUT2D eigenvalue weighted by molar-refractivity contribution is 6.30. The highest BCUT2D eigenvalue weighted by Gasteiger charge is 2.34. The first-order valence-corrected chi connectivity index (χ1v) is 9.47. The molecule has 0 bridgehead atoms. The van der Waals surface area contributed by atoms with E-state index in [1.807, 2.05) is 24.3 Å². The smallest absolute Gasteiger partial charge is 0.247 e. The molecule has 7 heteroatoms. The first-order chi connectivity index (χ1) is 13.2. The maximum absolute atomic E-state index is 6.08. The van der Waals surface area contributed by atoms with Crippen LogP contribution in [-0.2, 0) is 10.2 Å². The molecule has 0 saturated carbocycles. The van der Waals surface area contributed by atoms with E-state index in [2.05, 4.69) is 52.0 Å². The van der Waals surface area contributed by atoms with Gasteiger partial charge in [-0.2, -0.15) is 4.68 Å². The van der Waals surface area contributed by atoms with E-state index in [0.717, 1.165) is 43.3 Å². The Kier molecular flexibility index (Phi) is 5.09. The van der Waals surface area contributed by atoms with Gasteiger partial charge in [0.25, 0.3) is 0 Å². The van der Waals surface area contributed by atoms with Crippen LogP contribution >= 0.6 is 11.6 Å². The summed E-state index contributed by atoms with van der Waals surface area (Å²) in [6, 6.07) is 16.2. The van der Waals surface area contributed by atoms with E-state index >= 15 is 0 Å². The van der Waals surface area contributed by atoms with Crippen LogP contribution in [0.2, 0.25) is 5.02 Å². The molecule has 0 unspecified atom stereocenters. The standard InChI is InChI=1S/C20H22ClN5O/c1-15-2-8-18(9-3-15)26-19(23-24-25-26)22-14-20(10-12-27-13-11-20)16-4-6-17(21)7-5-16/h2-9H,10-14H2,1H3,(H,22,23,25). The summed E-state index contributed by atoms with van der Waals surface area (Å²) in [4.78, 5) is 0. The molecule has 0 radical (unpaired) electrons. The molecule has 1 saturated heterocycles.